The molecule has 1 aromatic heterocycles. The van der Waals surface area contributed by atoms with Gasteiger partial charge in [-0.3, -0.25) is 0 Å². The van der Waals surface area contributed by atoms with Gasteiger partial charge < -0.3 is 13.3 Å². The summed E-state index contributed by atoms with van der Waals surface area (Å²) >= 11 is 0. The fourth-order valence-electron chi connectivity index (χ4n) is 1.28. The van der Waals surface area contributed by atoms with Gasteiger partial charge in [-0.15, -0.1) is 15.0 Å². The highest BCUT2D eigenvalue weighted by atomic mass is 28.4. The Morgan fingerprint density at radius 1 is 0.476 bits per heavy atom. The highest BCUT2D eigenvalue weighted by Crippen LogP contribution is 2.21. The molecule has 0 N–H and O–H groups in total. The van der Waals surface area contributed by atoms with E-state index in [1.807, 2.05) is 0 Å². The standard InChI is InChI=1S/C12H27N3O3Si3/c1-19(2,3)16-10-13-11(17-20(4,5)6)15-12(14-10)18-21(7,8)9/h1-9H3. The summed E-state index contributed by atoms with van der Waals surface area (Å²) in [5.74, 6) is 0. The maximum Gasteiger partial charge on any atom is 0.311 e. The lowest BCUT2D eigenvalue weighted by atomic mass is 10.9. The van der Waals surface area contributed by atoms with Crippen molar-refractivity contribution in [3.8, 4) is 18.0 Å². The molecule has 0 aliphatic rings. The van der Waals surface area contributed by atoms with Crippen LogP contribution in [-0.4, -0.2) is 39.9 Å². The van der Waals surface area contributed by atoms with Crippen LogP contribution in [0.1, 0.15) is 0 Å². The summed E-state index contributed by atoms with van der Waals surface area (Å²) in [6, 6.07) is 0.891. The first-order chi connectivity index (χ1) is 9.23. The van der Waals surface area contributed by atoms with Crippen molar-refractivity contribution < 1.29 is 13.3 Å². The second-order valence-corrected chi connectivity index (χ2v) is 21.1. The maximum atomic E-state index is 5.86. The molecule has 9 heteroatoms. The van der Waals surface area contributed by atoms with Crippen molar-refractivity contribution in [3.05, 3.63) is 0 Å². The minimum Gasteiger partial charge on any atom is -0.518 e. The Kier molecular flexibility index (Phi) is 5.22. The van der Waals surface area contributed by atoms with Crippen LogP contribution in [0.2, 0.25) is 58.9 Å². The number of aromatic nitrogens is 3. The van der Waals surface area contributed by atoms with Gasteiger partial charge in [0.05, 0.1) is 0 Å². The predicted molar refractivity (Wildman–Crippen MR) is 91.7 cm³/mol. The molecule has 0 saturated carbocycles. The largest absolute Gasteiger partial charge is 0.518 e. The first kappa shape index (κ1) is 18.1. The van der Waals surface area contributed by atoms with Crippen LogP contribution >= 0.6 is 0 Å². The minimum absolute atomic E-state index is 0.297. The number of rotatable bonds is 6. The maximum absolute atomic E-state index is 5.86. The van der Waals surface area contributed by atoms with Gasteiger partial charge in [-0.2, -0.15) is 0 Å². The van der Waals surface area contributed by atoms with E-state index in [2.05, 4.69) is 73.9 Å². The van der Waals surface area contributed by atoms with Crippen LogP contribution in [0.25, 0.3) is 0 Å². The molecule has 0 atom stereocenters. The molecule has 1 heterocycles. The van der Waals surface area contributed by atoms with Crippen molar-refractivity contribution in [1.82, 2.24) is 15.0 Å². The minimum atomic E-state index is -1.80. The predicted octanol–water partition coefficient (Wildman–Crippen LogP) is 3.51. The van der Waals surface area contributed by atoms with Gasteiger partial charge in [0, 0.05) is 0 Å². The van der Waals surface area contributed by atoms with E-state index in [-0.39, 0.29) is 0 Å². The Hall–Kier alpha value is -0.939. The molecule has 0 aliphatic carbocycles. The monoisotopic (exact) mass is 345 g/mol. The van der Waals surface area contributed by atoms with Crippen LogP contribution in [0.3, 0.4) is 0 Å². The average Bonchev–Trinajstić information content (AvgIpc) is 2.06. The van der Waals surface area contributed by atoms with Crippen molar-refractivity contribution in [3.63, 3.8) is 0 Å². The molecule has 21 heavy (non-hydrogen) atoms. The summed E-state index contributed by atoms with van der Waals surface area (Å²) in [7, 11) is -5.41. The number of hydrogen-bond acceptors (Lipinski definition) is 6. The molecule has 0 aromatic carbocycles. The van der Waals surface area contributed by atoms with Gasteiger partial charge in [0.1, 0.15) is 0 Å². The summed E-state index contributed by atoms with van der Waals surface area (Å²) in [6.07, 6.45) is 0. The van der Waals surface area contributed by atoms with Gasteiger partial charge in [0.25, 0.3) is 0 Å². The Bertz CT molecular complexity index is 409. The van der Waals surface area contributed by atoms with Gasteiger partial charge >= 0.3 is 18.0 Å². The molecule has 0 unspecified atom stereocenters. The molecule has 0 bridgehead atoms. The van der Waals surface area contributed by atoms with E-state index in [9.17, 15) is 0 Å². The summed E-state index contributed by atoms with van der Waals surface area (Å²) in [4.78, 5) is 12.8. The van der Waals surface area contributed by atoms with Crippen LogP contribution in [-0.2, 0) is 0 Å². The van der Waals surface area contributed by atoms with E-state index >= 15 is 0 Å². The summed E-state index contributed by atoms with van der Waals surface area (Å²) in [5, 5.41) is 0. The fourth-order valence-corrected chi connectivity index (χ4v) is 3.20. The lowest BCUT2D eigenvalue weighted by Crippen LogP contribution is -2.34. The van der Waals surface area contributed by atoms with E-state index in [0.717, 1.165) is 0 Å². The summed E-state index contributed by atoms with van der Waals surface area (Å²) in [6.45, 7) is 18.7. The van der Waals surface area contributed by atoms with Gasteiger partial charge in [-0.05, 0) is 58.9 Å². The third-order valence-electron chi connectivity index (χ3n) is 1.77. The lowest BCUT2D eigenvalue weighted by molar-refractivity contribution is 0.420. The zero-order chi connectivity index (χ0) is 16.5. The van der Waals surface area contributed by atoms with Crippen molar-refractivity contribution >= 4 is 25.0 Å². The quantitative estimate of drug-likeness (QED) is 0.735. The molecular weight excluding hydrogens is 318 g/mol. The number of hydrogen-bond donors (Lipinski definition) is 0. The van der Waals surface area contributed by atoms with Crippen molar-refractivity contribution in [2.24, 2.45) is 0 Å². The Morgan fingerprint density at radius 3 is 0.810 bits per heavy atom. The molecule has 0 spiro atoms. The highest BCUT2D eigenvalue weighted by Gasteiger charge is 2.25. The van der Waals surface area contributed by atoms with E-state index in [0.29, 0.717) is 18.0 Å². The van der Waals surface area contributed by atoms with Crippen LogP contribution in [0.4, 0.5) is 0 Å². The SMILES string of the molecule is C[Si](C)(C)Oc1nc(O[Si](C)(C)C)nc(O[Si](C)(C)C)n1. The molecule has 1 aromatic rings. The molecule has 120 valence electrons. The topological polar surface area (TPSA) is 66.4 Å². The van der Waals surface area contributed by atoms with Crippen LogP contribution in [0.5, 0.6) is 18.0 Å². The third-order valence-corrected chi connectivity index (χ3v) is 4.15. The molecule has 0 fully saturated rings. The van der Waals surface area contributed by atoms with Gasteiger partial charge in [-0.25, -0.2) is 0 Å². The Morgan fingerprint density at radius 2 is 0.667 bits per heavy atom. The molecule has 1 rings (SSSR count). The van der Waals surface area contributed by atoms with Crippen LogP contribution in [0.15, 0.2) is 0 Å². The summed E-state index contributed by atoms with van der Waals surface area (Å²) in [5.41, 5.74) is 0. The van der Waals surface area contributed by atoms with Crippen molar-refractivity contribution in [2.75, 3.05) is 0 Å². The zero-order valence-corrected chi connectivity index (χ0v) is 17.6. The second-order valence-electron chi connectivity index (χ2n) is 7.83. The van der Waals surface area contributed by atoms with Crippen molar-refractivity contribution in [1.29, 1.82) is 0 Å². The molecular formula is C12H27N3O3Si3. The van der Waals surface area contributed by atoms with Gasteiger partial charge in [0.15, 0.2) is 0 Å². The molecule has 6 nitrogen and oxygen atoms in total. The Labute approximate surface area is 130 Å². The summed E-state index contributed by atoms with van der Waals surface area (Å²) < 4.78 is 17.6. The average molecular weight is 346 g/mol. The fraction of sp³-hybridized carbons (Fsp3) is 0.750. The lowest BCUT2D eigenvalue weighted by Gasteiger charge is -2.22. The smallest absolute Gasteiger partial charge is 0.311 e. The molecule has 0 saturated heterocycles. The van der Waals surface area contributed by atoms with Gasteiger partial charge in [0.2, 0.25) is 25.0 Å². The normalized spacial score (nSPS) is 13.0. The molecule has 0 aliphatic heterocycles. The second kappa shape index (κ2) is 6.05. The van der Waals surface area contributed by atoms with E-state index in [1.54, 1.807) is 0 Å². The van der Waals surface area contributed by atoms with Crippen LogP contribution in [0, 0.1) is 0 Å². The zero-order valence-electron chi connectivity index (χ0n) is 14.6. The van der Waals surface area contributed by atoms with E-state index in [1.165, 1.54) is 0 Å². The molecule has 0 amide bonds. The van der Waals surface area contributed by atoms with Crippen molar-refractivity contribution in [2.45, 2.75) is 58.9 Å². The Balaban J connectivity index is 3.13. The number of nitrogens with zero attached hydrogens (tertiary/aromatic N) is 3. The van der Waals surface area contributed by atoms with Crippen LogP contribution < -0.4 is 13.3 Å². The van der Waals surface area contributed by atoms with Gasteiger partial charge in [-0.1, -0.05) is 0 Å². The first-order valence-electron chi connectivity index (χ1n) is 7.07. The molecule has 0 radical (unpaired) electrons. The first-order valence-corrected chi connectivity index (χ1v) is 17.3. The van der Waals surface area contributed by atoms with E-state index in [4.69, 9.17) is 13.3 Å². The third kappa shape index (κ3) is 8.17. The highest BCUT2D eigenvalue weighted by molar-refractivity contribution is 6.71. The van der Waals surface area contributed by atoms with E-state index < -0.39 is 25.0 Å².